The number of alkyl halides is 3. The number of hydrogen-bond donors (Lipinski definition) is 2. The first-order chi connectivity index (χ1) is 18.4. The predicted octanol–water partition coefficient (Wildman–Crippen LogP) is 3.95. The number of imidazole rings is 1. The third-order valence-corrected chi connectivity index (χ3v) is 6.99. The first-order valence-corrected chi connectivity index (χ1v) is 12.7. The van der Waals surface area contributed by atoms with Crippen molar-refractivity contribution in [3.8, 4) is 0 Å². The molecule has 0 unspecified atom stereocenters. The number of carbonyl (C=O) groups is 2. The summed E-state index contributed by atoms with van der Waals surface area (Å²) in [6, 6.07) is -0.111. The number of unbranched alkanes of at least 4 members (excludes halogenated alkanes) is 1. The maximum atomic E-state index is 14.7. The van der Waals surface area contributed by atoms with Crippen molar-refractivity contribution in [2.45, 2.75) is 83.2 Å². The van der Waals surface area contributed by atoms with Gasteiger partial charge in [-0.25, -0.2) is 18.6 Å². The standard InChI is InChI=1S/C25H30F5N5O4/c1-3-5-8-38-24(37)33-16-10-18(34-11-17-19(12-34)35(4-2)23(32-17)22(31)36)21(25(28,29)30)39-20(16)14-9-13(26)6-7-15(14)27/h6-7,9,16,18,20-21H,3-5,8,10-12H2,1-2H3,(H2,31,36)(H,33,37)/t16-,18+,20+,21-/m0/s1. The lowest BCUT2D eigenvalue weighted by Crippen LogP contribution is -2.59. The average molecular weight is 560 g/mol. The lowest BCUT2D eigenvalue weighted by atomic mass is 9.88. The summed E-state index contributed by atoms with van der Waals surface area (Å²) in [5, 5.41) is 2.51. The largest absolute Gasteiger partial charge is 0.450 e. The summed E-state index contributed by atoms with van der Waals surface area (Å²) in [5.41, 5.74) is 5.91. The fraction of sp³-hybridized carbons (Fsp3) is 0.560. The van der Waals surface area contributed by atoms with Crippen LogP contribution in [0.3, 0.4) is 0 Å². The highest BCUT2D eigenvalue weighted by Crippen LogP contribution is 2.43. The minimum atomic E-state index is -4.88. The normalized spacial score (nSPS) is 23.5. The highest BCUT2D eigenvalue weighted by atomic mass is 19.4. The molecule has 1 fully saturated rings. The number of nitrogens with two attached hydrogens (primary N) is 1. The Hall–Kier alpha value is -3.26. The van der Waals surface area contributed by atoms with Crippen molar-refractivity contribution in [2.24, 2.45) is 5.73 Å². The molecule has 0 spiro atoms. The van der Waals surface area contributed by atoms with Crippen LogP contribution in [0.4, 0.5) is 26.7 Å². The molecular weight excluding hydrogens is 529 g/mol. The SMILES string of the molecule is CCCCOC(=O)N[C@H]1C[C@@H](N2Cc3nc(C(N)=O)n(CC)c3C2)[C@@H](C(F)(F)F)O[C@@H]1c1cc(F)ccc1F. The highest BCUT2D eigenvalue weighted by Gasteiger charge is 2.55. The van der Waals surface area contributed by atoms with Crippen molar-refractivity contribution in [1.29, 1.82) is 0 Å². The summed E-state index contributed by atoms with van der Waals surface area (Å²) in [5.74, 6) is -2.57. The molecule has 2 aromatic rings. The Morgan fingerprint density at radius 1 is 1.23 bits per heavy atom. The number of benzene rings is 1. The Kier molecular flexibility index (Phi) is 8.45. The van der Waals surface area contributed by atoms with E-state index in [1.807, 2.05) is 6.92 Å². The molecule has 1 aromatic carbocycles. The molecular formula is C25H30F5N5O4. The molecule has 0 radical (unpaired) electrons. The summed E-state index contributed by atoms with van der Waals surface area (Å²) in [6.07, 6.45) is -8.82. The number of carbonyl (C=O) groups excluding carboxylic acids is 2. The number of halogens is 5. The first kappa shape index (κ1) is 28.7. The molecule has 9 nitrogen and oxygen atoms in total. The van der Waals surface area contributed by atoms with Crippen LogP contribution in [0.25, 0.3) is 0 Å². The topological polar surface area (TPSA) is 112 Å². The molecule has 4 atom stereocenters. The summed E-state index contributed by atoms with van der Waals surface area (Å²) >= 11 is 0. The maximum absolute atomic E-state index is 14.7. The van der Waals surface area contributed by atoms with E-state index in [9.17, 15) is 31.5 Å². The van der Waals surface area contributed by atoms with Gasteiger partial charge in [0.25, 0.3) is 5.91 Å². The van der Waals surface area contributed by atoms with Crippen molar-refractivity contribution >= 4 is 12.0 Å². The van der Waals surface area contributed by atoms with E-state index in [1.165, 1.54) is 4.90 Å². The second-order valence-corrected chi connectivity index (χ2v) is 9.57. The molecule has 14 heteroatoms. The smallest absolute Gasteiger partial charge is 0.416 e. The van der Waals surface area contributed by atoms with E-state index in [0.29, 0.717) is 24.4 Å². The second-order valence-electron chi connectivity index (χ2n) is 9.57. The Morgan fingerprint density at radius 2 is 1.97 bits per heavy atom. The van der Waals surface area contributed by atoms with Gasteiger partial charge >= 0.3 is 12.3 Å². The zero-order valence-corrected chi connectivity index (χ0v) is 21.4. The molecule has 1 aromatic heterocycles. The lowest BCUT2D eigenvalue weighted by molar-refractivity contribution is -0.270. The molecule has 1 saturated heterocycles. The number of alkyl carbamates (subject to hydrolysis) is 1. The van der Waals surface area contributed by atoms with Crippen molar-refractivity contribution in [1.82, 2.24) is 19.8 Å². The zero-order chi connectivity index (χ0) is 28.5. The van der Waals surface area contributed by atoms with Crippen LogP contribution >= 0.6 is 0 Å². The molecule has 0 saturated carbocycles. The minimum Gasteiger partial charge on any atom is -0.450 e. The van der Waals surface area contributed by atoms with Crippen molar-refractivity contribution < 1.29 is 41.0 Å². The molecule has 2 amide bonds. The zero-order valence-electron chi connectivity index (χ0n) is 21.4. The summed E-state index contributed by atoms with van der Waals surface area (Å²) in [4.78, 5) is 30.0. The van der Waals surface area contributed by atoms with E-state index < -0.39 is 59.7 Å². The molecule has 2 aliphatic rings. The van der Waals surface area contributed by atoms with Gasteiger partial charge in [-0.05, 0) is 38.0 Å². The molecule has 2 aliphatic heterocycles. The summed E-state index contributed by atoms with van der Waals surface area (Å²) < 4.78 is 84.0. The van der Waals surface area contributed by atoms with Gasteiger partial charge in [0.15, 0.2) is 11.9 Å². The van der Waals surface area contributed by atoms with Crippen LogP contribution in [0.15, 0.2) is 18.2 Å². The highest BCUT2D eigenvalue weighted by molar-refractivity contribution is 5.89. The monoisotopic (exact) mass is 559 g/mol. The van der Waals surface area contributed by atoms with Crippen LogP contribution in [0.2, 0.25) is 0 Å². The van der Waals surface area contributed by atoms with Crippen LogP contribution in [-0.2, 0) is 29.1 Å². The van der Waals surface area contributed by atoms with Gasteiger partial charge in [0, 0.05) is 31.2 Å². The average Bonchev–Trinajstić information content (AvgIpc) is 3.43. The van der Waals surface area contributed by atoms with E-state index in [2.05, 4.69) is 10.3 Å². The third-order valence-electron chi connectivity index (χ3n) is 6.99. The molecule has 0 aliphatic carbocycles. The Bertz CT molecular complexity index is 1220. The van der Waals surface area contributed by atoms with Crippen molar-refractivity contribution in [3.05, 3.63) is 52.6 Å². The molecule has 0 bridgehead atoms. The van der Waals surface area contributed by atoms with Gasteiger partial charge in [-0.3, -0.25) is 9.69 Å². The van der Waals surface area contributed by atoms with Gasteiger partial charge in [-0.2, -0.15) is 13.2 Å². The van der Waals surface area contributed by atoms with Gasteiger partial charge in [0.2, 0.25) is 0 Å². The summed E-state index contributed by atoms with van der Waals surface area (Å²) in [7, 11) is 0. The number of ether oxygens (including phenoxy) is 2. The Balaban J connectivity index is 1.67. The van der Waals surface area contributed by atoms with E-state index in [0.717, 1.165) is 24.6 Å². The fourth-order valence-electron chi connectivity index (χ4n) is 5.19. The van der Waals surface area contributed by atoms with E-state index >= 15 is 0 Å². The van der Waals surface area contributed by atoms with Gasteiger partial charge in [-0.1, -0.05) is 13.3 Å². The number of fused-ring (bicyclic) bond motifs is 1. The van der Waals surface area contributed by atoms with E-state index in [4.69, 9.17) is 15.2 Å². The van der Waals surface area contributed by atoms with Crippen LogP contribution in [0.5, 0.6) is 0 Å². The Morgan fingerprint density at radius 3 is 2.62 bits per heavy atom. The van der Waals surface area contributed by atoms with E-state index in [-0.39, 0.29) is 31.9 Å². The molecule has 4 rings (SSSR count). The van der Waals surface area contributed by atoms with Crippen LogP contribution in [-0.4, -0.2) is 57.4 Å². The number of nitrogens with one attached hydrogen (secondary N) is 1. The van der Waals surface area contributed by atoms with Gasteiger partial charge in [0.1, 0.15) is 17.7 Å². The number of hydrogen-bond acceptors (Lipinski definition) is 6. The Labute approximate surface area is 221 Å². The number of rotatable bonds is 8. The molecule has 3 N–H and O–H groups in total. The van der Waals surface area contributed by atoms with E-state index in [1.54, 1.807) is 11.5 Å². The number of nitrogens with zero attached hydrogens (tertiary/aromatic N) is 3. The van der Waals surface area contributed by atoms with Crippen LogP contribution in [0, 0.1) is 11.6 Å². The minimum absolute atomic E-state index is 0.0106. The second kappa shape index (κ2) is 11.5. The third kappa shape index (κ3) is 6.01. The van der Waals surface area contributed by atoms with Gasteiger partial charge in [-0.15, -0.1) is 0 Å². The lowest BCUT2D eigenvalue weighted by Gasteiger charge is -2.45. The summed E-state index contributed by atoms with van der Waals surface area (Å²) in [6.45, 7) is 4.03. The van der Waals surface area contributed by atoms with Gasteiger partial charge in [0.05, 0.1) is 24.0 Å². The van der Waals surface area contributed by atoms with Crippen molar-refractivity contribution in [3.63, 3.8) is 0 Å². The number of amides is 2. The molecule has 39 heavy (non-hydrogen) atoms. The first-order valence-electron chi connectivity index (χ1n) is 12.7. The molecule has 3 heterocycles. The van der Waals surface area contributed by atoms with Crippen molar-refractivity contribution in [2.75, 3.05) is 6.61 Å². The quantitative estimate of drug-likeness (QED) is 0.374. The fourth-order valence-corrected chi connectivity index (χ4v) is 5.19. The maximum Gasteiger partial charge on any atom is 0.416 e. The van der Waals surface area contributed by atoms with Gasteiger partial charge < -0.3 is 25.1 Å². The predicted molar refractivity (Wildman–Crippen MR) is 127 cm³/mol. The molecule has 214 valence electrons. The van der Waals surface area contributed by atoms with Crippen LogP contribution < -0.4 is 11.1 Å². The number of aromatic nitrogens is 2. The number of primary amides is 1. The van der Waals surface area contributed by atoms with Crippen LogP contribution in [0.1, 0.15) is 66.8 Å².